The molecule has 1 aromatic rings. The van der Waals surface area contributed by atoms with E-state index in [1.54, 1.807) is 11.8 Å². The Bertz CT molecular complexity index is 433. The van der Waals surface area contributed by atoms with E-state index in [1.807, 2.05) is 23.1 Å². The topological polar surface area (TPSA) is 46.3 Å². The molecule has 0 spiro atoms. The Balaban J connectivity index is 1.74. The van der Waals surface area contributed by atoms with Crippen molar-refractivity contribution in [2.45, 2.75) is 30.2 Å². The van der Waals surface area contributed by atoms with Crippen LogP contribution in [0.1, 0.15) is 19.3 Å². The molecular formula is C14H19BrN2OS. The first kappa shape index (κ1) is 14.9. The van der Waals surface area contributed by atoms with Crippen molar-refractivity contribution in [2.24, 2.45) is 5.73 Å². The molecule has 3 nitrogen and oxygen atoms in total. The maximum Gasteiger partial charge on any atom is 0.223 e. The Morgan fingerprint density at radius 3 is 2.74 bits per heavy atom. The van der Waals surface area contributed by atoms with Crippen LogP contribution >= 0.6 is 27.7 Å². The predicted octanol–water partition coefficient (Wildman–Crippen LogP) is 2.88. The zero-order valence-electron chi connectivity index (χ0n) is 10.8. The highest BCUT2D eigenvalue weighted by Crippen LogP contribution is 2.27. The minimum Gasteiger partial charge on any atom is -0.343 e. The monoisotopic (exact) mass is 342 g/mol. The fraction of sp³-hybridized carbons (Fsp3) is 0.500. The predicted molar refractivity (Wildman–Crippen MR) is 83.3 cm³/mol. The van der Waals surface area contributed by atoms with Crippen molar-refractivity contribution in [3.05, 3.63) is 28.7 Å². The van der Waals surface area contributed by atoms with Gasteiger partial charge in [0.2, 0.25) is 5.91 Å². The average molecular weight is 343 g/mol. The first-order chi connectivity index (χ1) is 9.16. The standard InChI is InChI=1S/C14H19BrN2OS/c15-12-3-1-2-4-13(12)19-10-7-14(18)17-8-5-11(16)6-9-17/h1-4,11H,5-10,16H2. The molecule has 0 bridgehead atoms. The highest BCUT2D eigenvalue weighted by atomic mass is 79.9. The van der Waals surface area contributed by atoms with Crippen molar-refractivity contribution in [3.63, 3.8) is 0 Å². The Hall–Kier alpha value is -0.520. The molecule has 5 heteroatoms. The number of piperidine rings is 1. The lowest BCUT2D eigenvalue weighted by atomic mass is 10.1. The Morgan fingerprint density at radius 1 is 1.37 bits per heavy atom. The molecule has 1 aromatic carbocycles. The summed E-state index contributed by atoms with van der Waals surface area (Å²) in [7, 11) is 0. The molecule has 0 atom stereocenters. The van der Waals surface area contributed by atoms with Crippen molar-refractivity contribution in [1.82, 2.24) is 4.90 Å². The van der Waals surface area contributed by atoms with E-state index in [1.165, 1.54) is 4.90 Å². The van der Waals surface area contributed by atoms with Gasteiger partial charge in [0.25, 0.3) is 0 Å². The van der Waals surface area contributed by atoms with Crippen molar-refractivity contribution in [2.75, 3.05) is 18.8 Å². The molecule has 0 aliphatic carbocycles. The van der Waals surface area contributed by atoms with E-state index in [0.29, 0.717) is 6.42 Å². The molecule has 2 N–H and O–H groups in total. The number of benzene rings is 1. The number of carbonyl (C=O) groups is 1. The molecule has 0 aromatic heterocycles. The first-order valence-corrected chi connectivity index (χ1v) is 8.35. The van der Waals surface area contributed by atoms with Crippen LogP contribution in [0.4, 0.5) is 0 Å². The first-order valence-electron chi connectivity index (χ1n) is 6.57. The van der Waals surface area contributed by atoms with E-state index in [2.05, 4.69) is 22.0 Å². The van der Waals surface area contributed by atoms with Gasteiger partial charge in [-0.2, -0.15) is 0 Å². The fourth-order valence-corrected chi connectivity index (χ4v) is 3.62. The third-order valence-corrected chi connectivity index (χ3v) is 5.33. The molecule has 1 aliphatic rings. The van der Waals surface area contributed by atoms with Gasteiger partial charge < -0.3 is 10.6 Å². The summed E-state index contributed by atoms with van der Waals surface area (Å²) in [6.07, 6.45) is 2.47. The molecule has 1 heterocycles. The molecule has 1 aliphatic heterocycles. The molecule has 2 rings (SSSR count). The number of nitrogens with zero attached hydrogens (tertiary/aromatic N) is 1. The van der Waals surface area contributed by atoms with Crippen LogP contribution in [0.5, 0.6) is 0 Å². The number of carbonyl (C=O) groups excluding carboxylic acids is 1. The lowest BCUT2D eigenvalue weighted by Crippen LogP contribution is -2.42. The second-order valence-corrected chi connectivity index (χ2v) is 6.74. The van der Waals surface area contributed by atoms with Gasteiger partial charge in [0.05, 0.1) is 0 Å². The minimum atomic E-state index is 0.256. The number of rotatable bonds is 4. The van der Waals surface area contributed by atoms with E-state index in [4.69, 9.17) is 5.73 Å². The van der Waals surface area contributed by atoms with Gasteiger partial charge >= 0.3 is 0 Å². The van der Waals surface area contributed by atoms with Crippen LogP contribution < -0.4 is 5.73 Å². The van der Waals surface area contributed by atoms with Crippen LogP contribution in [0.25, 0.3) is 0 Å². The summed E-state index contributed by atoms with van der Waals surface area (Å²) in [5, 5.41) is 0. The molecular weight excluding hydrogens is 324 g/mol. The number of nitrogens with two attached hydrogens (primary N) is 1. The SMILES string of the molecule is NC1CCN(C(=O)CCSc2ccccc2Br)CC1. The molecule has 0 radical (unpaired) electrons. The Labute approximate surface area is 127 Å². The minimum absolute atomic E-state index is 0.256. The van der Waals surface area contributed by atoms with Crippen LogP contribution in [0.2, 0.25) is 0 Å². The summed E-state index contributed by atoms with van der Waals surface area (Å²) < 4.78 is 1.09. The number of thioether (sulfide) groups is 1. The second-order valence-electron chi connectivity index (χ2n) is 4.75. The summed E-state index contributed by atoms with van der Waals surface area (Å²) in [4.78, 5) is 15.2. The summed E-state index contributed by atoms with van der Waals surface area (Å²) in [6, 6.07) is 8.38. The number of halogens is 1. The molecule has 0 saturated carbocycles. The number of amides is 1. The van der Waals surface area contributed by atoms with E-state index in [0.717, 1.165) is 36.2 Å². The van der Waals surface area contributed by atoms with Gasteiger partial charge in [0, 0.05) is 40.7 Å². The van der Waals surface area contributed by atoms with Gasteiger partial charge in [-0.1, -0.05) is 12.1 Å². The van der Waals surface area contributed by atoms with Crippen LogP contribution in [-0.4, -0.2) is 35.7 Å². The largest absolute Gasteiger partial charge is 0.343 e. The molecule has 1 amide bonds. The lowest BCUT2D eigenvalue weighted by Gasteiger charge is -2.30. The quantitative estimate of drug-likeness (QED) is 0.855. The number of hydrogen-bond acceptors (Lipinski definition) is 3. The summed E-state index contributed by atoms with van der Waals surface area (Å²) in [6.45, 7) is 1.64. The van der Waals surface area contributed by atoms with Crippen molar-refractivity contribution >= 4 is 33.6 Å². The zero-order valence-corrected chi connectivity index (χ0v) is 13.3. The maximum atomic E-state index is 12.0. The summed E-state index contributed by atoms with van der Waals surface area (Å²) in [5.74, 6) is 1.08. The smallest absolute Gasteiger partial charge is 0.223 e. The highest BCUT2D eigenvalue weighted by molar-refractivity contribution is 9.10. The molecule has 19 heavy (non-hydrogen) atoms. The lowest BCUT2D eigenvalue weighted by molar-refractivity contribution is -0.131. The normalized spacial score (nSPS) is 16.6. The highest BCUT2D eigenvalue weighted by Gasteiger charge is 2.19. The van der Waals surface area contributed by atoms with E-state index < -0.39 is 0 Å². The van der Waals surface area contributed by atoms with Gasteiger partial charge in [-0.3, -0.25) is 4.79 Å². The van der Waals surface area contributed by atoms with Gasteiger partial charge in [-0.25, -0.2) is 0 Å². The van der Waals surface area contributed by atoms with Crippen molar-refractivity contribution in [3.8, 4) is 0 Å². The van der Waals surface area contributed by atoms with E-state index >= 15 is 0 Å². The fourth-order valence-electron chi connectivity index (χ4n) is 2.12. The van der Waals surface area contributed by atoms with E-state index in [-0.39, 0.29) is 11.9 Å². The Morgan fingerprint density at radius 2 is 2.05 bits per heavy atom. The Kier molecular flexibility index (Phi) is 5.73. The maximum absolute atomic E-state index is 12.0. The number of hydrogen-bond donors (Lipinski definition) is 1. The van der Waals surface area contributed by atoms with Gasteiger partial charge in [0.15, 0.2) is 0 Å². The van der Waals surface area contributed by atoms with Crippen LogP contribution in [0.3, 0.4) is 0 Å². The van der Waals surface area contributed by atoms with Crippen LogP contribution in [0, 0.1) is 0 Å². The molecule has 104 valence electrons. The van der Waals surface area contributed by atoms with Gasteiger partial charge in [-0.15, -0.1) is 11.8 Å². The van der Waals surface area contributed by atoms with Crippen LogP contribution in [-0.2, 0) is 4.79 Å². The number of likely N-dealkylation sites (tertiary alicyclic amines) is 1. The third kappa shape index (κ3) is 4.51. The molecule has 1 saturated heterocycles. The molecule has 1 fully saturated rings. The van der Waals surface area contributed by atoms with Gasteiger partial charge in [0.1, 0.15) is 0 Å². The van der Waals surface area contributed by atoms with Crippen molar-refractivity contribution < 1.29 is 4.79 Å². The average Bonchev–Trinajstić information content (AvgIpc) is 2.41. The molecule has 0 unspecified atom stereocenters. The van der Waals surface area contributed by atoms with E-state index in [9.17, 15) is 4.79 Å². The third-order valence-electron chi connectivity index (χ3n) is 3.30. The van der Waals surface area contributed by atoms with Crippen LogP contribution in [0.15, 0.2) is 33.6 Å². The zero-order chi connectivity index (χ0) is 13.7. The van der Waals surface area contributed by atoms with Crippen molar-refractivity contribution in [1.29, 1.82) is 0 Å². The summed E-state index contributed by atoms with van der Waals surface area (Å²) in [5.41, 5.74) is 5.84. The second kappa shape index (κ2) is 7.31. The van der Waals surface area contributed by atoms with Gasteiger partial charge in [-0.05, 0) is 40.9 Å². The summed E-state index contributed by atoms with van der Waals surface area (Å²) >= 11 is 5.24.